The largest absolute Gasteiger partial charge is 0.469 e. The maximum atomic E-state index is 13.5. The molecule has 5 heteroatoms. The van der Waals surface area contributed by atoms with Gasteiger partial charge in [0.2, 0.25) is 5.91 Å². The van der Waals surface area contributed by atoms with Gasteiger partial charge in [0, 0.05) is 23.4 Å². The van der Waals surface area contributed by atoms with Crippen LogP contribution in [0.1, 0.15) is 27.2 Å². The molecule has 2 heterocycles. The molecule has 1 aliphatic rings. The molecule has 0 aliphatic carbocycles. The molecule has 0 radical (unpaired) electrons. The molecule has 0 fully saturated rings. The Kier molecular flexibility index (Phi) is 5.53. The Morgan fingerprint density at radius 2 is 1.64 bits per heavy atom. The Hall–Kier alpha value is -4.12. The molecular formula is C28H24N2O3. The summed E-state index contributed by atoms with van der Waals surface area (Å²) in [6, 6.07) is 25.2. The van der Waals surface area contributed by atoms with E-state index in [2.05, 4.69) is 23.5 Å². The predicted molar refractivity (Wildman–Crippen MR) is 129 cm³/mol. The summed E-state index contributed by atoms with van der Waals surface area (Å²) in [6.07, 6.45) is 2.54. The lowest BCUT2D eigenvalue weighted by Crippen LogP contribution is -2.32. The maximum absolute atomic E-state index is 13.5. The van der Waals surface area contributed by atoms with E-state index in [1.807, 2.05) is 48.2 Å². The van der Waals surface area contributed by atoms with Crippen LogP contribution in [0.4, 0.5) is 11.4 Å². The third kappa shape index (κ3) is 4.17. The summed E-state index contributed by atoms with van der Waals surface area (Å²) < 4.78 is 5.34. The summed E-state index contributed by atoms with van der Waals surface area (Å²) >= 11 is 0. The van der Waals surface area contributed by atoms with E-state index in [0.29, 0.717) is 23.6 Å². The van der Waals surface area contributed by atoms with Crippen LogP contribution in [-0.2, 0) is 17.6 Å². The van der Waals surface area contributed by atoms with Crippen LogP contribution in [0.2, 0.25) is 0 Å². The monoisotopic (exact) mass is 436 g/mol. The molecule has 4 aromatic rings. The van der Waals surface area contributed by atoms with Crippen molar-refractivity contribution in [2.75, 3.05) is 16.8 Å². The highest BCUT2D eigenvalue weighted by Gasteiger charge is 2.24. The average molecular weight is 437 g/mol. The van der Waals surface area contributed by atoms with Gasteiger partial charge in [0.05, 0.1) is 18.4 Å². The lowest BCUT2D eigenvalue weighted by atomic mass is 9.98. The van der Waals surface area contributed by atoms with Gasteiger partial charge in [-0.05, 0) is 66.4 Å². The molecule has 0 atom stereocenters. The number of rotatable bonds is 4. The number of aryl methyl sites for hydroxylation is 1. The van der Waals surface area contributed by atoms with Gasteiger partial charge in [-0.25, -0.2) is 0 Å². The number of para-hydroxylation sites is 1. The zero-order chi connectivity index (χ0) is 22.8. The third-order valence-corrected chi connectivity index (χ3v) is 6.06. The van der Waals surface area contributed by atoms with Crippen LogP contribution >= 0.6 is 0 Å². The Morgan fingerprint density at radius 3 is 2.39 bits per heavy atom. The molecule has 1 aromatic heterocycles. The van der Waals surface area contributed by atoms with Gasteiger partial charge < -0.3 is 14.6 Å². The SMILES string of the molecule is Cc1ccoc1CC(=O)Nc1ccc(C(=O)N2CCc3ccccc3-c3ccccc32)cc1. The van der Waals surface area contributed by atoms with Gasteiger partial charge in [-0.1, -0.05) is 42.5 Å². The van der Waals surface area contributed by atoms with Crippen LogP contribution < -0.4 is 10.2 Å². The molecule has 0 spiro atoms. The van der Waals surface area contributed by atoms with E-state index in [1.54, 1.807) is 30.5 Å². The maximum Gasteiger partial charge on any atom is 0.258 e. The predicted octanol–water partition coefficient (Wildman–Crippen LogP) is 5.64. The van der Waals surface area contributed by atoms with Gasteiger partial charge in [0.1, 0.15) is 5.76 Å². The summed E-state index contributed by atoms with van der Waals surface area (Å²) in [5, 5.41) is 2.87. The number of carbonyl (C=O) groups excluding carboxylic acids is 2. The van der Waals surface area contributed by atoms with Crippen molar-refractivity contribution in [2.45, 2.75) is 19.8 Å². The van der Waals surface area contributed by atoms with Crippen LogP contribution in [-0.4, -0.2) is 18.4 Å². The Balaban J connectivity index is 1.35. The van der Waals surface area contributed by atoms with Crippen molar-refractivity contribution in [1.29, 1.82) is 0 Å². The van der Waals surface area contributed by atoms with E-state index in [0.717, 1.165) is 23.2 Å². The molecule has 1 aliphatic heterocycles. The number of hydrogen-bond donors (Lipinski definition) is 1. The second-order valence-electron chi connectivity index (χ2n) is 8.21. The topological polar surface area (TPSA) is 62.6 Å². The van der Waals surface area contributed by atoms with Crippen LogP contribution in [0.3, 0.4) is 0 Å². The lowest BCUT2D eigenvalue weighted by Gasteiger charge is -2.23. The molecule has 1 N–H and O–H groups in total. The molecular weight excluding hydrogens is 412 g/mol. The third-order valence-electron chi connectivity index (χ3n) is 6.06. The van der Waals surface area contributed by atoms with Gasteiger partial charge in [0.25, 0.3) is 5.91 Å². The zero-order valence-corrected chi connectivity index (χ0v) is 18.4. The molecule has 0 saturated heterocycles. The summed E-state index contributed by atoms with van der Waals surface area (Å²) in [4.78, 5) is 27.7. The molecule has 164 valence electrons. The minimum absolute atomic E-state index is 0.0562. The minimum atomic E-state index is -0.161. The van der Waals surface area contributed by atoms with E-state index in [-0.39, 0.29) is 18.2 Å². The van der Waals surface area contributed by atoms with Crippen molar-refractivity contribution in [3.63, 3.8) is 0 Å². The van der Waals surface area contributed by atoms with Crippen LogP contribution in [0.25, 0.3) is 11.1 Å². The molecule has 33 heavy (non-hydrogen) atoms. The van der Waals surface area contributed by atoms with Crippen LogP contribution in [0, 0.1) is 6.92 Å². The van der Waals surface area contributed by atoms with Gasteiger partial charge in [-0.3, -0.25) is 9.59 Å². The first kappa shape index (κ1) is 20.8. The first-order valence-electron chi connectivity index (χ1n) is 11.0. The molecule has 0 saturated carbocycles. The second-order valence-corrected chi connectivity index (χ2v) is 8.21. The van der Waals surface area contributed by atoms with E-state index in [1.165, 1.54) is 11.1 Å². The number of benzene rings is 3. The number of furan rings is 1. The second kappa shape index (κ2) is 8.79. The molecule has 2 amide bonds. The molecule has 3 aromatic carbocycles. The van der Waals surface area contributed by atoms with E-state index >= 15 is 0 Å². The Bertz CT molecular complexity index is 1320. The quantitative estimate of drug-likeness (QED) is 0.450. The lowest BCUT2D eigenvalue weighted by molar-refractivity contribution is -0.115. The number of fused-ring (bicyclic) bond motifs is 3. The smallest absolute Gasteiger partial charge is 0.258 e. The first-order valence-corrected chi connectivity index (χ1v) is 11.0. The number of nitrogens with one attached hydrogen (secondary N) is 1. The number of hydrogen-bond acceptors (Lipinski definition) is 3. The van der Waals surface area contributed by atoms with Gasteiger partial charge >= 0.3 is 0 Å². The number of amides is 2. The molecule has 0 bridgehead atoms. The fourth-order valence-corrected chi connectivity index (χ4v) is 4.29. The van der Waals surface area contributed by atoms with Crippen molar-refractivity contribution < 1.29 is 14.0 Å². The van der Waals surface area contributed by atoms with Gasteiger partial charge in [-0.15, -0.1) is 0 Å². The number of nitrogens with zero attached hydrogens (tertiary/aromatic N) is 1. The Labute approximate surface area is 192 Å². The standard InChI is InChI=1S/C28H24N2O3/c1-19-15-17-33-26(19)18-27(31)29-22-12-10-21(11-13-22)28(32)30-16-14-20-6-2-3-7-23(20)24-8-4-5-9-25(24)30/h2-13,15,17H,14,16,18H2,1H3,(H,29,31). The molecule has 0 unspecified atom stereocenters. The van der Waals surface area contributed by atoms with Crippen molar-refractivity contribution in [1.82, 2.24) is 0 Å². The van der Waals surface area contributed by atoms with E-state index in [9.17, 15) is 9.59 Å². The van der Waals surface area contributed by atoms with E-state index < -0.39 is 0 Å². The van der Waals surface area contributed by atoms with Crippen molar-refractivity contribution in [3.05, 3.63) is 108 Å². The first-order chi connectivity index (χ1) is 16.1. The highest BCUT2D eigenvalue weighted by molar-refractivity contribution is 6.09. The van der Waals surface area contributed by atoms with Crippen molar-refractivity contribution in [3.8, 4) is 11.1 Å². The highest BCUT2D eigenvalue weighted by atomic mass is 16.3. The average Bonchev–Trinajstić information content (AvgIpc) is 3.15. The number of carbonyl (C=O) groups is 2. The van der Waals surface area contributed by atoms with E-state index in [4.69, 9.17) is 4.42 Å². The summed E-state index contributed by atoms with van der Waals surface area (Å²) in [5.41, 5.74) is 6.57. The van der Waals surface area contributed by atoms with Crippen molar-refractivity contribution in [2.24, 2.45) is 0 Å². The normalized spacial score (nSPS) is 12.5. The summed E-state index contributed by atoms with van der Waals surface area (Å²) in [7, 11) is 0. The van der Waals surface area contributed by atoms with Crippen molar-refractivity contribution >= 4 is 23.2 Å². The molecule has 5 rings (SSSR count). The van der Waals surface area contributed by atoms with Crippen LogP contribution in [0.15, 0.2) is 89.5 Å². The highest BCUT2D eigenvalue weighted by Crippen LogP contribution is 2.36. The summed E-state index contributed by atoms with van der Waals surface area (Å²) in [6.45, 7) is 2.51. The fraction of sp³-hybridized carbons (Fsp3) is 0.143. The fourth-order valence-electron chi connectivity index (χ4n) is 4.29. The zero-order valence-electron chi connectivity index (χ0n) is 18.4. The minimum Gasteiger partial charge on any atom is -0.469 e. The van der Waals surface area contributed by atoms with Gasteiger partial charge in [-0.2, -0.15) is 0 Å². The summed E-state index contributed by atoms with van der Waals surface area (Å²) in [5.74, 6) is 0.436. The van der Waals surface area contributed by atoms with Gasteiger partial charge in [0.15, 0.2) is 0 Å². The van der Waals surface area contributed by atoms with Crippen LogP contribution in [0.5, 0.6) is 0 Å². The Morgan fingerprint density at radius 1 is 0.909 bits per heavy atom. The number of anilines is 2. The molecule has 5 nitrogen and oxygen atoms in total.